The van der Waals surface area contributed by atoms with Gasteiger partial charge in [-0.2, -0.15) is 0 Å². The highest BCUT2D eigenvalue weighted by atomic mass is 35.5. The lowest BCUT2D eigenvalue weighted by atomic mass is 9.88. The van der Waals surface area contributed by atoms with Gasteiger partial charge in [0.15, 0.2) is 5.11 Å². The van der Waals surface area contributed by atoms with E-state index >= 15 is 0 Å². The molecule has 306 valence electrons. The zero-order chi connectivity index (χ0) is 38.7. The van der Waals surface area contributed by atoms with Gasteiger partial charge in [0.2, 0.25) is 0 Å². The number of thiocarbonyl (C=S) groups is 1. The van der Waals surface area contributed by atoms with Crippen molar-refractivity contribution in [1.29, 1.82) is 0 Å². The number of rotatable bonds is 22. The van der Waals surface area contributed by atoms with Crippen LogP contribution in [0.2, 0.25) is 0 Å². The predicted octanol–water partition coefficient (Wildman–Crippen LogP) is 11.4. The summed E-state index contributed by atoms with van der Waals surface area (Å²) < 4.78 is 18.3. The van der Waals surface area contributed by atoms with Crippen LogP contribution in [0, 0.1) is 0 Å². The molecule has 1 amide bonds. The fourth-order valence-electron chi connectivity index (χ4n) is 7.71. The third kappa shape index (κ3) is 14.7. The minimum Gasteiger partial charge on any atom is -0.491 e. The molecule has 0 spiro atoms. The van der Waals surface area contributed by atoms with Crippen LogP contribution in [0.1, 0.15) is 154 Å². The first-order valence-corrected chi connectivity index (χ1v) is 21.4. The number of unbranched alkanes of at least 4 members (excludes halogenated alkanes) is 12. The molecule has 55 heavy (non-hydrogen) atoms. The summed E-state index contributed by atoms with van der Waals surface area (Å²) in [6.45, 7) is 12.6. The molecule has 2 aromatic rings. The van der Waals surface area contributed by atoms with Crippen molar-refractivity contribution in [3.63, 3.8) is 0 Å². The van der Waals surface area contributed by atoms with Crippen molar-refractivity contribution in [1.82, 2.24) is 15.1 Å². The minimum atomic E-state index is -0.865. The van der Waals surface area contributed by atoms with E-state index in [0.717, 1.165) is 50.0 Å². The predicted molar refractivity (Wildman–Crippen MR) is 230 cm³/mol. The molecular weight excluding hydrogens is 730 g/mol. The molecule has 2 aliphatic rings. The molecule has 1 fully saturated rings. The number of esters is 1. The standard InChI is InChI=1S/C45H67N3O5S.ClH/c1-6-8-9-10-11-12-13-14-15-16-17-18-22-26-37-27-23-28-39(52-34(3)4)41(37)42-40(43(49)51-7-2)35(5)46-44(54)48(42)45(50)53-38-29-31-47(32-30-38)33-36-24-20-19-21-25-36;/h19-21,23-25,27-28,34,38,42H,6-18,22,26,29-33H2,1-5H3,(H,46,54);1H. The van der Waals surface area contributed by atoms with E-state index < -0.39 is 18.1 Å². The Bertz CT molecular complexity index is 1490. The maximum Gasteiger partial charge on any atom is 0.417 e. The van der Waals surface area contributed by atoms with Crippen molar-refractivity contribution in [3.8, 4) is 5.75 Å². The van der Waals surface area contributed by atoms with Crippen LogP contribution >= 0.6 is 24.6 Å². The Hall–Kier alpha value is -3.14. The summed E-state index contributed by atoms with van der Waals surface area (Å²) in [5.74, 6) is 0.141. The number of piperidine rings is 1. The molecule has 2 aromatic carbocycles. The van der Waals surface area contributed by atoms with Crippen molar-refractivity contribution in [2.24, 2.45) is 0 Å². The highest BCUT2D eigenvalue weighted by Gasteiger charge is 2.44. The summed E-state index contributed by atoms with van der Waals surface area (Å²) in [7, 11) is 0. The third-order valence-corrected chi connectivity index (χ3v) is 10.8. The molecule has 4 rings (SSSR count). The Kier molecular flexibility index (Phi) is 21.2. The molecule has 0 aliphatic carbocycles. The van der Waals surface area contributed by atoms with Gasteiger partial charge < -0.3 is 19.5 Å². The normalized spacial score (nSPS) is 16.5. The van der Waals surface area contributed by atoms with Crippen molar-refractivity contribution in [2.45, 2.75) is 162 Å². The van der Waals surface area contributed by atoms with Gasteiger partial charge in [0, 0.05) is 30.9 Å². The zero-order valence-electron chi connectivity index (χ0n) is 34.2. The van der Waals surface area contributed by atoms with Crippen LogP contribution in [0.25, 0.3) is 0 Å². The van der Waals surface area contributed by atoms with Crippen molar-refractivity contribution in [2.75, 3.05) is 19.7 Å². The van der Waals surface area contributed by atoms with Gasteiger partial charge in [-0.3, -0.25) is 4.90 Å². The summed E-state index contributed by atoms with van der Waals surface area (Å²) in [4.78, 5) is 32.0. The van der Waals surface area contributed by atoms with Gasteiger partial charge in [-0.25, -0.2) is 14.5 Å². The van der Waals surface area contributed by atoms with Gasteiger partial charge in [-0.05, 0) is 82.8 Å². The number of nitrogens with one attached hydrogen (secondary N) is 1. The summed E-state index contributed by atoms with van der Waals surface area (Å²) in [5.41, 5.74) is 3.98. The van der Waals surface area contributed by atoms with Crippen LogP contribution in [-0.4, -0.2) is 58.9 Å². The number of likely N-dealkylation sites (tertiary alicyclic amines) is 1. The number of amides is 1. The Labute approximate surface area is 343 Å². The van der Waals surface area contributed by atoms with E-state index in [9.17, 15) is 9.59 Å². The van der Waals surface area contributed by atoms with Gasteiger partial charge in [0.05, 0.1) is 18.3 Å². The van der Waals surface area contributed by atoms with Crippen LogP contribution < -0.4 is 10.1 Å². The first-order valence-electron chi connectivity index (χ1n) is 21.0. The van der Waals surface area contributed by atoms with Crippen LogP contribution in [-0.2, 0) is 27.2 Å². The second kappa shape index (κ2) is 25.2. The molecule has 2 heterocycles. The van der Waals surface area contributed by atoms with Gasteiger partial charge >= 0.3 is 12.1 Å². The number of ether oxygens (including phenoxy) is 3. The molecule has 0 bridgehead atoms. The van der Waals surface area contributed by atoms with Gasteiger partial charge in [-0.15, -0.1) is 12.4 Å². The van der Waals surface area contributed by atoms with E-state index in [1.54, 1.807) is 6.92 Å². The largest absolute Gasteiger partial charge is 0.491 e. The van der Waals surface area contributed by atoms with Crippen molar-refractivity contribution < 1.29 is 23.8 Å². The molecule has 1 atom stereocenters. The van der Waals surface area contributed by atoms with Crippen LogP contribution in [0.5, 0.6) is 5.75 Å². The van der Waals surface area contributed by atoms with E-state index in [-0.39, 0.29) is 36.3 Å². The lowest BCUT2D eigenvalue weighted by molar-refractivity contribution is -0.139. The molecule has 0 radical (unpaired) electrons. The fourth-order valence-corrected chi connectivity index (χ4v) is 8.04. The average Bonchev–Trinajstić information content (AvgIpc) is 3.14. The van der Waals surface area contributed by atoms with E-state index in [4.69, 9.17) is 26.4 Å². The highest BCUT2D eigenvalue weighted by Crippen LogP contribution is 2.42. The molecule has 0 aromatic heterocycles. The molecular formula is C45H68ClN3O5S. The smallest absolute Gasteiger partial charge is 0.417 e. The lowest BCUT2D eigenvalue weighted by Crippen LogP contribution is -2.52. The Balaban J connectivity index is 0.00000812. The van der Waals surface area contributed by atoms with Crippen molar-refractivity contribution >= 4 is 41.8 Å². The first kappa shape index (κ1) is 46.2. The fraction of sp³-hybridized carbons (Fsp3) is 0.622. The van der Waals surface area contributed by atoms with Gasteiger partial charge in [-0.1, -0.05) is 126 Å². The summed E-state index contributed by atoms with van der Waals surface area (Å²) in [5, 5.41) is 3.33. The van der Waals surface area contributed by atoms with Crippen LogP contribution in [0.15, 0.2) is 59.8 Å². The summed E-state index contributed by atoms with van der Waals surface area (Å²) in [6.07, 6.45) is 18.0. The maximum absolute atomic E-state index is 14.3. The summed E-state index contributed by atoms with van der Waals surface area (Å²) >= 11 is 5.87. The van der Waals surface area contributed by atoms with Crippen LogP contribution in [0.4, 0.5) is 4.79 Å². The number of nitrogens with zero attached hydrogens (tertiary/aromatic N) is 2. The topological polar surface area (TPSA) is 80.3 Å². The van der Waals surface area contributed by atoms with E-state index in [1.807, 2.05) is 39.0 Å². The Morgan fingerprint density at radius 1 is 0.836 bits per heavy atom. The minimum absolute atomic E-state index is 0. The number of hydrogen-bond donors (Lipinski definition) is 1. The third-order valence-electron chi connectivity index (χ3n) is 10.5. The van der Waals surface area contributed by atoms with E-state index in [0.29, 0.717) is 29.9 Å². The average molecular weight is 799 g/mol. The van der Waals surface area contributed by atoms with Crippen LogP contribution in [0.3, 0.4) is 0 Å². The quantitative estimate of drug-likeness (QED) is 0.0717. The van der Waals surface area contributed by atoms with Gasteiger partial charge in [0.25, 0.3) is 0 Å². The molecule has 8 nitrogen and oxygen atoms in total. The second-order valence-corrected chi connectivity index (χ2v) is 15.7. The number of halogens is 1. The number of carbonyl (C=O) groups excluding carboxylic acids is 2. The van der Waals surface area contributed by atoms with Gasteiger partial charge in [0.1, 0.15) is 17.9 Å². The Morgan fingerprint density at radius 3 is 2.02 bits per heavy atom. The number of benzene rings is 2. The van der Waals surface area contributed by atoms with E-state index in [2.05, 4.69) is 47.5 Å². The second-order valence-electron chi connectivity index (χ2n) is 15.3. The lowest BCUT2D eigenvalue weighted by Gasteiger charge is -2.40. The molecule has 2 aliphatic heterocycles. The highest BCUT2D eigenvalue weighted by molar-refractivity contribution is 7.80. The molecule has 1 unspecified atom stereocenters. The molecule has 10 heteroatoms. The SMILES string of the molecule is CCCCCCCCCCCCCCCc1cccc(OC(C)C)c1C1C(C(=O)OCC)=C(C)NC(=S)N1C(=O)OC1CCN(Cc2ccccc2)CC1.Cl. The number of carbonyl (C=O) groups is 2. The summed E-state index contributed by atoms with van der Waals surface area (Å²) in [6, 6.07) is 15.6. The maximum atomic E-state index is 14.3. The number of aryl methyl sites for hydroxylation is 1. The van der Waals surface area contributed by atoms with Crippen molar-refractivity contribution in [3.05, 3.63) is 76.5 Å². The Morgan fingerprint density at radius 2 is 1.44 bits per heavy atom. The monoisotopic (exact) mass is 797 g/mol. The molecule has 0 saturated carbocycles. The zero-order valence-corrected chi connectivity index (χ0v) is 35.9. The molecule has 1 N–H and O–H groups in total. The number of hydrogen-bond acceptors (Lipinski definition) is 7. The van der Waals surface area contributed by atoms with E-state index in [1.165, 1.54) is 81.1 Å². The first-order chi connectivity index (χ1) is 26.2. The number of allylic oxidation sites excluding steroid dienone is 1. The molecule has 1 saturated heterocycles.